The highest BCUT2D eigenvalue weighted by atomic mass is 32.2. The van der Waals surface area contributed by atoms with Crippen molar-refractivity contribution < 1.29 is 9.18 Å². The molecule has 0 saturated heterocycles. The summed E-state index contributed by atoms with van der Waals surface area (Å²) in [6.45, 7) is 0. The summed E-state index contributed by atoms with van der Waals surface area (Å²) in [5.41, 5.74) is 5.40. The number of halogens is 1. The maximum atomic E-state index is 14.1. The second-order valence-electron chi connectivity index (χ2n) is 7.03. The van der Waals surface area contributed by atoms with E-state index >= 15 is 0 Å². The Hall–Kier alpha value is -3.65. The number of thioether (sulfide) groups is 1. The number of fused-ring (bicyclic) bond motifs is 1. The number of rotatable bonds is 4. The minimum atomic E-state index is -0.581. The van der Waals surface area contributed by atoms with Gasteiger partial charge in [-0.1, -0.05) is 84.6 Å². The Labute approximate surface area is 182 Å². The molecule has 1 aliphatic heterocycles. The first kappa shape index (κ1) is 19.3. The van der Waals surface area contributed by atoms with Crippen LogP contribution in [-0.4, -0.2) is 26.0 Å². The summed E-state index contributed by atoms with van der Waals surface area (Å²) in [5, 5.41) is 11.3. The van der Waals surface area contributed by atoms with Gasteiger partial charge in [-0.15, -0.1) is 10.2 Å². The molecule has 4 aromatic rings. The molecule has 0 unspecified atom stereocenters. The molecule has 0 spiro atoms. The van der Waals surface area contributed by atoms with E-state index in [1.165, 1.54) is 17.8 Å². The number of anilines is 1. The van der Waals surface area contributed by atoms with Gasteiger partial charge in [-0.3, -0.25) is 4.79 Å². The maximum absolute atomic E-state index is 14.1. The van der Waals surface area contributed by atoms with Crippen molar-refractivity contribution in [1.82, 2.24) is 14.9 Å². The highest BCUT2D eigenvalue weighted by Gasteiger charge is 2.38. The number of hydrogen-bond donors (Lipinski definition) is 2. The molecule has 0 bridgehead atoms. The van der Waals surface area contributed by atoms with Crippen molar-refractivity contribution in [3.63, 3.8) is 0 Å². The van der Waals surface area contributed by atoms with Crippen LogP contribution in [0.25, 0.3) is 11.4 Å². The van der Waals surface area contributed by atoms with Crippen molar-refractivity contribution in [3.05, 3.63) is 96.3 Å². The number of para-hydroxylation sites is 1. The normalized spacial score (nSPS) is 17.5. The first-order chi connectivity index (χ1) is 15.2. The van der Waals surface area contributed by atoms with Gasteiger partial charge in [-0.2, -0.15) is 0 Å². The summed E-state index contributed by atoms with van der Waals surface area (Å²) in [7, 11) is 0. The van der Waals surface area contributed by atoms with Crippen molar-refractivity contribution in [2.45, 2.75) is 16.4 Å². The second-order valence-corrected chi connectivity index (χ2v) is 8.14. The van der Waals surface area contributed by atoms with Crippen molar-refractivity contribution in [2.24, 2.45) is 0 Å². The zero-order valence-corrected chi connectivity index (χ0v) is 17.1. The molecule has 2 N–H and O–H groups in total. The molecule has 8 heteroatoms. The lowest BCUT2D eigenvalue weighted by atomic mass is 10.0. The van der Waals surface area contributed by atoms with Crippen LogP contribution in [0.3, 0.4) is 0 Å². The van der Waals surface area contributed by atoms with E-state index in [9.17, 15) is 9.18 Å². The topological polar surface area (TPSA) is 71.8 Å². The molecule has 1 amide bonds. The molecule has 0 fully saturated rings. The van der Waals surface area contributed by atoms with Crippen LogP contribution in [-0.2, 0) is 4.79 Å². The number of nitrogens with zero attached hydrogens (tertiary/aromatic N) is 3. The quantitative estimate of drug-likeness (QED) is 0.498. The molecule has 2 atom stereocenters. The van der Waals surface area contributed by atoms with Gasteiger partial charge in [0.2, 0.25) is 11.1 Å². The number of amides is 1. The van der Waals surface area contributed by atoms with E-state index in [0.29, 0.717) is 11.0 Å². The molecule has 0 radical (unpaired) electrons. The van der Waals surface area contributed by atoms with E-state index in [1.807, 2.05) is 65.3 Å². The van der Waals surface area contributed by atoms with Gasteiger partial charge in [0.25, 0.3) is 0 Å². The third-order valence-corrected chi connectivity index (χ3v) is 6.23. The largest absolute Gasteiger partial charge is 0.323 e. The fourth-order valence-electron chi connectivity index (χ4n) is 3.51. The Morgan fingerprint density at radius 1 is 0.935 bits per heavy atom. The Morgan fingerprint density at radius 2 is 1.61 bits per heavy atom. The van der Waals surface area contributed by atoms with Crippen LogP contribution in [0.5, 0.6) is 0 Å². The van der Waals surface area contributed by atoms with Gasteiger partial charge >= 0.3 is 0 Å². The van der Waals surface area contributed by atoms with E-state index in [-0.39, 0.29) is 17.6 Å². The summed E-state index contributed by atoms with van der Waals surface area (Å²) in [5.74, 6) is -0.126. The molecule has 0 aliphatic carbocycles. The second kappa shape index (κ2) is 8.23. The van der Waals surface area contributed by atoms with Gasteiger partial charge in [-0.25, -0.2) is 9.07 Å². The van der Waals surface area contributed by atoms with Crippen LogP contribution >= 0.6 is 11.8 Å². The van der Waals surface area contributed by atoms with Gasteiger partial charge in [-0.05, 0) is 17.7 Å². The van der Waals surface area contributed by atoms with E-state index in [4.69, 9.17) is 0 Å². The molecule has 3 aromatic carbocycles. The average molecular weight is 431 g/mol. The number of nitrogens with one attached hydrogen (secondary N) is 2. The molecular formula is C23H18FN5OS. The fraction of sp³-hybridized carbons (Fsp3) is 0.0870. The van der Waals surface area contributed by atoms with E-state index < -0.39 is 11.1 Å². The fourth-order valence-corrected chi connectivity index (χ4v) is 4.59. The smallest absolute Gasteiger partial charge is 0.240 e. The van der Waals surface area contributed by atoms with Crippen LogP contribution in [0, 0.1) is 5.82 Å². The number of hydrogen-bond acceptors (Lipinski definition) is 5. The van der Waals surface area contributed by atoms with Crippen LogP contribution in [0.4, 0.5) is 10.1 Å². The summed E-state index contributed by atoms with van der Waals surface area (Å²) in [6.07, 6.45) is 0. The number of aromatic nitrogens is 3. The van der Waals surface area contributed by atoms with Crippen LogP contribution in [0.15, 0.2) is 90.1 Å². The van der Waals surface area contributed by atoms with Crippen LogP contribution < -0.4 is 10.7 Å². The Morgan fingerprint density at radius 3 is 2.35 bits per heavy atom. The van der Waals surface area contributed by atoms with Crippen LogP contribution in [0.2, 0.25) is 0 Å². The summed E-state index contributed by atoms with van der Waals surface area (Å²) in [6, 6.07) is 25.2. The molecule has 6 nitrogen and oxygen atoms in total. The van der Waals surface area contributed by atoms with Crippen molar-refractivity contribution in [1.29, 1.82) is 0 Å². The van der Waals surface area contributed by atoms with Gasteiger partial charge in [0.15, 0.2) is 5.82 Å². The molecule has 154 valence electrons. The molecule has 1 aliphatic rings. The van der Waals surface area contributed by atoms with Crippen molar-refractivity contribution >= 4 is 23.4 Å². The lowest BCUT2D eigenvalue weighted by molar-refractivity contribution is -0.116. The third kappa shape index (κ3) is 3.77. The summed E-state index contributed by atoms with van der Waals surface area (Å²) in [4.78, 5) is 13.2. The van der Waals surface area contributed by atoms with Gasteiger partial charge in [0, 0.05) is 5.56 Å². The molecule has 0 saturated carbocycles. The number of carbonyl (C=O) groups excluding carboxylic acids is 1. The lowest BCUT2D eigenvalue weighted by Gasteiger charge is -2.33. The SMILES string of the molecule is O=C(Nc1ccccc1F)[C@@H]1Sc2nnc(-c3ccccc3)n2N[C@H]1c1ccccc1. The highest BCUT2D eigenvalue weighted by Crippen LogP contribution is 2.39. The zero-order valence-electron chi connectivity index (χ0n) is 16.3. The van der Waals surface area contributed by atoms with Gasteiger partial charge in [0.05, 0.1) is 11.7 Å². The number of carbonyl (C=O) groups is 1. The van der Waals surface area contributed by atoms with E-state index in [2.05, 4.69) is 20.9 Å². The predicted octanol–water partition coefficient (Wildman–Crippen LogP) is 4.48. The predicted molar refractivity (Wildman–Crippen MR) is 119 cm³/mol. The lowest BCUT2D eigenvalue weighted by Crippen LogP contribution is -2.41. The Kier molecular flexibility index (Phi) is 5.13. The minimum absolute atomic E-state index is 0.150. The monoisotopic (exact) mass is 431 g/mol. The molecule has 2 heterocycles. The minimum Gasteiger partial charge on any atom is -0.323 e. The van der Waals surface area contributed by atoms with Crippen molar-refractivity contribution in [3.8, 4) is 11.4 Å². The third-order valence-electron chi connectivity index (χ3n) is 5.02. The molecule has 5 rings (SSSR count). The first-order valence-corrected chi connectivity index (χ1v) is 10.6. The van der Waals surface area contributed by atoms with Crippen LogP contribution in [0.1, 0.15) is 11.6 Å². The van der Waals surface area contributed by atoms with E-state index in [0.717, 1.165) is 11.1 Å². The van der Waals surface area contributed by atoms with Gasteiger partial charge < -0.3 is 10.7 Å². The van der Waals surface area contributed by atoms with Crippen molar-refractivity contribution in [2.75, 3.05) is 10.7 Å². The molecular weight excluding hydrogens is 413 g/mol. The Bertz CT molecular complexity index is 1220. The Balaban J connectivity index is 1.51. The standard InChI is InChI=1S/C23H18FN5OS/c24-17-13-7-8-14-18(17)25-22(30)20-19(15-9-3-1-4-10-15)28-29-21(26-27-23(29)31-20)16-11-5-2-6-12-16/h1-14,19-20,28H,(H,25,30)/t19-,20+/m0/s1. The zero-order chi connectivity index (χ0) is 21.2. The first-order valence-electron chi connectivity index (χ1n) is 9.75. The maximum Gasteiger partial charge on any atom is 0.240 e. The highest BCUT2D eigenvalue weighted by molar-refractivity contribution is 8.00. The number of benzene rings is 3. The molecule has 1 aromatic heterocycles. The van der Waals surface area contributed by atoms with Gasteiger partial charge in [0.1, 0.15) is 11.1 Å². The summed E-state index contributed by atoms with van der Waals surface area (Å²) < 4.78 is 15.9. The average Bonchev–Trinajstić information content (AvgIpc) is 3.24. The van der Waals surface area contributed by atoms with E-state index in [1.54, 1.807) is 18.2 Å². The molecule has 31 heavy (non-hydrogen) atoms. The summed E-state index contributed by atoms with van der Waals surface area (Å²) >= 11 is 1.30.